The lowest BCUT2D eigenvalue weighted by Crippen LogP contribution is -2.29. The van der Waals surface area contributed by atoms with Crippen molar-refractivity contribution < 1.29 is 4.74 Å². The van der Waals surface area contributed by atoms with Gasteiger partial charge in [-0.2, -0.15) is 0 Å². The van der Waals surface area contributed by atoms with Crippen LogP contribution < -0.4 is 15.0 Å². The Hall–Kier alpha value is -2.37. The van der Waals surface area contributed by atoms with Gasteiger partial charge in [0.05, 0.1) is 5.52 Å². The number of anilines is 1. The lowest BCUT2D eigenvalue weighted by atomic mass is 9.81. The predicted octanol–water partition coefficient (Wildman–Crippen LogP) is 6.53. The van der Waals surface area contributed by atoms with E-state index < -0.39 is 0 Å². The molecule has 0 bridgehead atoms. The number of rotatable bonds is 8. The van der Waals surface area contributed by atoms with E-state index in [-0.39, 0.29) is 0 Å². The van der Waals surface area contributed by atoms with E-state index in [0.717, 1.165) is 58.2 Å². The molecule has 184 valence electrons. The van der Waals surface area contributed by atoms with E-state index in [9.17, 15) is 0 Å². The Labute approximate surface area is 209 Å². The Morgan fingerprint density at radius 1 is 0.971 bits per heavy atom. The number of fused-ring (bicyclic) bond motifs is 1. The SMILES string of the molecule is CCC1CCC(CNCCOc2ccc(Cl)cc2)CC1.Cc1nc(N(C)C)c2ccccc2n1. The van der Waals surface area contributed by atoms with Crippen LogP contribution in [0, 0.1) is 18.8 Å². The fourth-order valence-electron chi connectivity index (χ4n) is 4.44. The Morgan fingerprint density at radius 3 is 2.32 bits per heavy atom. The van der Waals surface area contributed by atoms with Crippen molar-refractivity contribution in [3.05, 3.63) is 59.4 Å². The van der Waals surface area contributed by atoms with Crippen LogP contribution in [0.4, 0.5) is 5.82 Å². The van der Waals surface area contributed by atoms with E-state index in [1.165, 1.54) is 32.1 Å². The minimum Gasteiger partial charge on any atom is -0.492 e. The molecular weight excluding hydrogens is 444 g/mol. The molecule has 1 aliphatic rings. The van der Waals surface area contributed by atoms with Gasteiger partial charge in [-0.25, -0.2) is 9.97 Å². The van der Waals surface area contributed by atoms with Gasteiger partial charge in [-0.15, -0.1) is 0 Å². The average Bonchev–Trinajstić information content (AvgIpc) is 2.85. The molecule has 1 N–H and O–H groups in total. The van der Waals surface area contributed by atoms with E-state index >= 15 is 0 Å². The Kier molecular flexibility index (Phi) is 10.4. The lowest BCUT2D eigenvalue weighted by molar-refractivity contribution is 0.254. The lowest BCUT2D eigenvalue weighted by Gasteiger charge is -2.27. The summed E-state index contributed by atoms with van der Waals surface area (Å²) in [5.41, 5.74) is 1.00. The van der Waals surface area contributed by atoms with Crippen molar-refractivity contribution in [2.45, 2.75) is 46.0 Å². The number of nitrogens with one attached hydrogen (secondary N) is 1. The molecule has 5 nitrogen and oxygen atoms in total. The van der Waals surface area contributed by atoms with Crippen LogP contribution >= 0.6 is 11.6 Å². The minimum atomic E-state index is 0.714. The van der Waals surface area contributed by atoms with Gasteiger partial charge in [0.15, 0.2) is 0 Å². The molecule has 0 unspecified atom stereocenters. The van der Waals surface area contributed by atoms with Crippen molar-refractivity contribution in [1.82, 2.24) is 15.3 Å². The van der Waals surface area contributed by atoms with Crippen molar-refractivity contribution in [2.24, 2.45) is 11.8 Å². The number of aromatic nitrogens is 2. The summed E-state index contributed by atoms with van der Waals surface area (Å²) in [7, 11) is 3.99. The highest BCUT2D eigenvalue weighted by Gasteiger charge is 2.19. The molecule has 2 aromatic carbocycles. The highest BCUT2D eigenvalue weighted by Crippen LogP contribution is 2.30. The number of halogens is 1. The largest absolute Gasteiger partial charge is 0.492 e. The molecule has 4 rings (SSSR count). The first kappa shape index (κ1) is 26.2. The van der Waals surface area contributed by atoms with E-state index in [4.69, 9.17) is 16.3 Å². The van der Waals surface area contributed by atoms with Gasteiger partial charge >= 0.3 is 0 Å². The Balaban J connectivity index is 0.000000202. The van der Waals surface area contributed by atoms with E-state index in [2.05, 4.69) is 22.2 Å². The molecule has 1 aliphatic carbocycles. The molecule has 1 aromatic heterocycles. The van der Waals surface area contributed by atoms with E-state index in [1.807, 2.05) is 74.4 Å². The molecule has 0 amide bonds. The minimum absolute atomic E-state index is 0.714. The summed E-state index contributed by atoms with van der Waals surface area (Å²) >= 11 is 5.83. The maximum Gasteiger partial charge on any atom is 0.139 e. The molecule has 1 fully saturated rings. The molecule has 1 saturated carbocycles. The normalized spacial score (nSPS) is 17.7. The van der Waals surface area contributed by atoms with E-state index in [0.29, 0.717) is 6.61 Å². The number of hydrogen-bond acceptors (Lipinski definition) is 5. The number of aryl methyl sites for hydroxylation is 1. The van der Waals surface area contributed by atoms with Gasteiger partial charge in [0, 0.05) is 31.0 Å². The standard InChI is InChI=1S/C17H26ClNO.C11H13N3/c1-2-14-3-5-15(6-4-14)13-19-11-12-20-17-9-7-16(18)8-10-17;1-8-12-10-7-5-4-6-9(10)11(13-8)14(2)3/h7-10,14-15,19H,2-6,11-13H2,1H3;4-7H,1-3H3. The predicted molar refractivity (Wildman–Crippen MR) is 144 cm³/mol. The van der Waals surface area contributed by atoms with E-state index in [1.54, 1.807) is 0 Å². The monoisotopic (exact) mass is 482 g/mol. The number of para-hydroxylation sites is 1. The van der Waals surface area contributed by atoms with Gasteiger partial charge in [-0.1, -0.05) is 49.9 Å². The molecule has 0 aliphatic heterocycles. The smallest absolute Gasteiger partial charge is 0.139 e. The molecular formula is C28H39ClN4O. The molecule has 34 heavy (non-hydrogen) atoms. The summed E-state index contributed by atoms with van der Waals surface area (Å²) in [6.07, 6.45) is 6.98. The van der Waals surface area contributed by atoms with Gasteiger partial charge in [0.2, 0.25) is 0 Å². The quantitative estimate of drug-likeness (QED) is 0.370. The van der Waals surface area contributed by atoms with Gasteiger partial charge in [0.1, 0.15) is 24.0 Å². The first-order chi connectivity index (χ1) is 16.5. The second kappa shape index (κ2) is 13.5. The molecule has 0 spiro atoms. The molecule has 3 aromatic rings. The molecule has 0 radical (unpaired) electrons. The molecule has 0 saturated heterocycles. The molecule has 6 heteroatoms. The van der Waals surface area contributed by atoms with Crippen molar-refractivity contribution >= 4 is 28.3 Å². The maximum absolute atomic E-state index is 5.83. The van der Waals surface area contributed by atoms with Crippen LogP contribution in [0.2, 0.25) is 5.02 Å². The van der Waals surface area contributed by atoms with Gasteiger partial charge in [-0.05, 0) is 74.5 Å². The third-order valence-electron chi connectivity index (χ3n) is 6.46. The number of benzene rings is 2. The first-order valence-corrected chi connectivity index (χ1v) is 12.8. The van der Waals surface area contributed by atoms with Gasteiger partial charge in [0.25, 0.3) is 0 Å². The zero-order valence-corrected chi connectivity index (χ0v) is 21.8. The highest BCUT2D eigenvalue weighted by atomic mass is 35.5. The molecule has 0 atom stereocenters. The highest BCUT2D eigenvalue weighted by molar-refractivity contribution is 6.30. The third kappa shape index (κ3) is 8.14. The number of nitrogens with zero attached hydrogens (tertiary/aromatic N) is 3. The number of hydrogen-bond donors (Lipinski definition) is 1. The summed E-state index contributed by atoms with van der Waals surface area (Å²) in [5.74, 6) is 4.54. The van der Waals surface area contributed by atoms with Crippen LogP contribution in [-0.2, 0) is 0 Å². The summed E-state index contributed by atoms with van der Waals surface area (Å²) < 4.78 is 5.66. The Morgan fingerprint density at radius 2 is 1.65 bits per heavy atom. The fourth-order valence-corrected chi connectivity index (χ4v) is 4.56. The fraction of sp³-hybridized carbons (Fsp3) is 0.500. The van der Waals surface area contributed by atoms with Crippen molar-refractivity contribution in [1.29, 1.82) is 0 Å². The van der Waals surface area contributed by atoms with Gasteiger partial charge < -0.3 is 15.0 Å². The molecule has 1 heterocycles. The summed E-state index contributed by atoms with van der Waals surface area (Å²) in [6, 6.07) is 15.6. The summed E-state index contributed by atoms with van der Waals surface area (Å²) in [5, 5.41) is 5.37. The van der Waals surface area contributed by atoms with Crippen LogP contribution in [-0.4, -0.2) is 43.8 Å². The van der Waals surface area contributed by atoms with Crippen molar-refractivity contribution in [3.63, 3.8) is 0 Å². The third-order valence-corrected chi connectivity index (χ3v) is 6.71. The van der Waals surface area contributed by atoms with Crippen LogP contribution in [0.5, 0.6) is 5.75 Å². The zero-order valence-electron chi connectivity index (χ0n) is 21.1. The second-order valence-corrected chi connectivity index (χ2v) is 9.74. The second-order valence-electron chi connectivity index (χ2n) is 9.31. The zero-order chi connectivity index (χ0) is 24.3. The maximum atomic E-state index is 5.83. The Bertz CT molecular complexity index is 1000. The summed E-state index contributed by atoms with van der Waals surface area (Å²) in [6.45, 7) is 7.00. The first-order valence-electron chi connectivity index (χ1n) is 12.5. The van der Waals surface area contributed by atoms with Crippen LogP contribution in [0.15, 0.2) is 48.5 Å². The van der Waals surface area contributed by atoms with Crippen LogP contribution in [0.25, 0.3) is 10.9 Å². The van der Waals surface area contributed by atoms with Crippen LogP contribution in [0.1, 0.15) is 44.9 Å². The topological polar surface area (TPSA) is 50.3 Å². The summed E-state index contributed by atoms with van der Waals surface area (Å²) in [4.78, 5) is 10.8. The number of ether oxygens (including phenoxy) is 1. The van der Waals surface area contributed by atoms with Gasteiger partial charge in [-0.3, -0.25) is 0 Å². The van der Waals surface area contributed by atoms with Crippen molar-refractivity contribution in [2.75, 3.05) is 38.7 Å². The van der Waals surface area contributed by atoms with Crippen LogP contribution in [0.3, 0.4) is 0 Å². The van der Waals surface area contributed by atoms with Crippen molar-refractivity contribution in [3.8, 4) is 5.75 Å². The average molecular weight is 483 g/mol.